The van der Waals surface area contributed by atoms with Crippen molar-refractivity contribution in [3.8, 4) is 17.2 Å². The average molecular weight is 288 g/mol. The Bertz CT molecular complexity index is 441. The monoisotopic (exact) mass is 287 g/mol. The van der Waals surface area contributed by atoms with Crippen LogP contribution in [-0.4, -0.2) is 27.4 Å². The number of aliphatic imine (C=N–C) groups is 1. The van der Waals surface area contributed by atoms with E-state index in [-0.39, 0.29) is 0 Å². The molecule has 0 saturated heterocycles. The summed E-state index contributed by atoms with van der Waals surface area (Å²) in [7, 11) is 4.46. The molecule has 6 heteroatoms. The Labute approximate surface area is 101 Å². The quantitative estimate of drug-likeness (QED) is 0.630. The number of hydrogen-bond donors (Lipinski definition) is 0. The van der Waals surface area contributed by atoms with E-state index < -0.39 is 0 Å². The second kappa shape index (κ2) is 5.53. The van der Waals surface area contributed by atoms with Crippen molar-refractivity contribution >= 4 is 27.7 Å². The van der Waals surface area contributed by atoms with Gasteiger partial charge in [0, 0.05) is 6.07 Å². The van der Waals surface area contributed by atoms with Crippen molar-refractivity contribution in [2.45, 2.75) is 0 Å². The third kappa shape index (κ3) is 2.18. The van der Waals surface area contributed by atoms with Crippen LogP contribution in [-0.2, 0) is 4.79 Å². The summed E-state index contributed by atoms with van der Waals surface area (Å²) in [4.78, 5) is 13.8. The molecule has 1 aromatic rings. The molecule has 16 heavy (non-hydrogen) atoms. The summed E-state index contributed by atoms with van der Waals surface area (Å²) >= 11 is 3.26. The van der Waals surface area contributed by atoms with Crippen molar-refractivity contribution in [3.05, 3.63) is 10.5 Å². The molecule has 0 bridgehead atoms. The first-order chi connectivity index (χ1) is 7.69. The van der Waals surface area contributed by atoms with Crippen molar-refractivity contribution in [2.24, 2.45) is 4.99 Å². The molecule has 0 spiro atoms. The maximum Gasteiger partial charge on any atom is 0.240 e. The van der Waals surface area contributed by atoms with Gasteiger partial charge in [-0.25, -0.2) is 4.79 Å². The molecule has 1 aromatic carbocycles. The van der Waals surface area contributed by atoms with E-state index in [4.69, 9.17) is 14.2 Å². The lowest BCUT2D eigenvalue weighted by molar-refractivity contribution is 0.323. The fraction of sp³-hybridized carbons (Fsp3) is 0.300. The minimum Gasteiger partial charge on any atom is -0.493 e. The van der Waals surface area contributed by atoms with E-state index in [0.29, 0.717) is 27.4 Å². The van der Waals surface area contributed by atoms with Crippen LogP contribution in [0.15, 0.2) is 15.5 Å². The fourth-order valence-corrected chi connectivity index (χ4v) is 1.78. The Morgan fingerprint density at radius 3 is 2.25 bits per heavy atom. The van der Waals surface area contributed by atoms with Crippen LogP contribution in [0.5, 0.6) is 17.2 Å². The highest BCUT2D eigenvalue weighted by Gasteiger charge is 2.18. The molecular weight excluding hydrogens is 278 g/mol. The molecule has 0 radical (unpaired) electrons. The molecule has 0 atom stereocenters. The van der Waals surface area contributed by atoms with Crippen LogP contribution in [0, 0.1) is 0 Å². The molecule has 0 fully saturated rings. The number of rotatable bonds is 4. The Hall–Kier alpha value is -1.52. The topological polar surface area (TPSA) is 57.1 Å². The van der Waals surface area contributed by atoms with Crippen LogP contribution in [0.4, 0.5) is 5.69 Å². The predicted molar refractivity (Wildman–Crippen MR) is 61.6 cm³/mol. The Morgan fingerprint density at radius 2 is 1.81 bits per heavy atom. The number of ether oxygens (including phenoxy) is 3. The number of halogens is 1. The Kier molecular flexibility index (Phi) is 4.34. The number of nitrogens with zero attached hydrogens (tertiary/aromatic N) is 1. The molecule has 1 rings (SSSR count). The van der Waals surface area contributed by atoms with Gasteiger partial charge in [-0.3, -0.25) is 0 Å². The summed E-state index contributed by atoms with van der Waals surface area (Å²) in [5.74, 6) is 1.27. The molecule has 86 valence electrons. The largest absolute Gasteiger partial charge is 0.493 e. The van der Waals surface area contributed by atoms with E-state index in [2.05, 4.69) is 20.9 Å². The third-order valence-electron chi connectivity index (χ3n) is 1.92. The van der Waals surface area contributed by atoms with Crippen LogP contribution < -0.4 is 14.2 Å². The summed E-state index contributed by atoms with van der Waals surface area (Å²) in [5.41, 5.74) is 0.365. The lowest BCUT2D eigenvalue weighted by Gasteiger charge is -2.14. The van der Waals surface area contributed by atoms with Gasteiger partial charge in [0.05, 0.1) is 31.5 Å². The number of benzene rings is 1. The average Bonchev–Trinajstić information content (AvgIpc) is 2.31. The van der Waals surface area contributed by atoms with E-state index in [9.17, 15) is 4.79 Å². The minimum absolute atomic E-state index is 0.365. The molecule has 5 nitrogen and oxygen atoms in total. The lowest BCUT2D eigenvalue weighted by atomic mass is 10.2. The first-order valence-corrected chi connectivity index (χ1v) is 5.05. The van der Waals surface area contributed by atoms with E-state index in [0.717, 1.165) is 0 Å². The zero-order valence-electron chi connectivity index (χ0n) is 9.04. The summed E-state index contributed by atoms with van der Waals surface area (Å²) < 4.78 is 15.9. The van der Waals surface area contributed by atoms with Crippen molar-refractivity contribution in [1.29, 1.82) is 0 Å². The van der Waals surface area contributed by atoms with E-state index in [1.165, 1.54) is 27.4 Å². The van der Waals surface area contributed by atoms with Gasteiger partial charge in [0.2, 0.25) is 11.8 Å². The number of isocyanates is 1. The zero-order valence-corrected chi connectivity index (χ0v) is 10.6. The van der Waals surface area contributed by atoms with E-state index in [1.807, 2.05) is 0 Å². The number of carbonyl (C=O) groups excluding carboxylic acids is 1. The van der Waals surface area contributed by atoms with Crippen LogP contribution in [0.3, 0.4) is 0 Å². The van der Waals surface area contributed by atoms with Crippen LogP contribution in [0.25, 0.3) is 0 Å². The first-order valence-electron chi connectivity index (χ1n) is 4.25. The second-order valence-electron chi connectivity index (χ2n) is 2.68. The summed E-state index contributed by atoms with van der Waals surface area (Å²) in [6.07, 6.45) is 1.46. The fourth-order valence-electron chi connectivity index (χ4n) is 1.24. The van der Waals surface area contributed by atoms with E-state index in [1.54, 1.807) is 6.07 Å². The van der Waals surface area contributed by atoms with Gasteiger partial charge in [-0.2, -0.15) is 4.99 Å². The molecular formula is C10H10BrNO4. The standard InChI is InChI=1S/C10H10BrNO4/c1-14-7-4-6(12-5-13)8(11)10(16-3)9(7)15-2/h4H,1-3H3. The predicted octanol–water partition coefficient (Wildman–Crippen LogP) is 2.44. The second-order valence-corrected chi connectivity index (χ2v) is 3.47. The Morgan fingerprint density at radius 1 is 1.19 bits per heavy atom. The van der Waals surface area contributed by atoms with Crippen molar-refractivity contribution in [1.82, 2.24) is 0 Å². The molecule has 0 unspecified atom stereocenters. The highest BCUT2D eigenvalue weighted by atomic mass is 79.9. The molecule has 0 aliphatic heterocycles. The number of methoxy groups -OCH3 is 3. The SMILES string of the molecule is COc1cc(N=C=O)c(Br)c(OC)c1OC. The van der Waals surface area contributed by atoms with Crippen molar-refractivity contribution in [3.63, 3.8) is 0 Å². The molecule has 0 aliphatic carbocycles. The normalized spacial score (nSPS) is 9.25. The summed E-state index contributed by atoms with van der Waals surface area (Å²) in [5, 5.41) is 0. The Balaban J connectivity index is 3.53. The summed E-state index contributed by atoms with van der Waals surface area (Å²) in [6, 6.07) is 1.55. The third-order valence-corrected chi connectivity index (χ3v) is 2.68. The number of hydrogen-bond acceptors (Lipinski definition) is 5. The lowest BCUT2D eigenvalue weighted by Crippen LogP contribution is -1.95. The maximum atomic E-state index is 10.3. The van der Waals surface area contributed by atoms with Crippen molar-refractivity contribution in [2.75, 3.05) is 21.3 Å². The van der Waals surface area contributed by atoms with Gasteiger partial charge in [-0.15, -0.1) is 0 Å². The first kappa shape index (κ1) is 12.5. The summed E-state index contributed by atoms with van der Waals surface area (Å²) in [6.45, 7) is 0. The van der Waals surface area contributed by atoms with Gasteiger partial charge in [0.15, 0.2) is 11.5 Å². The molecule has 0 aromatic heterocycles. The van der Waals surface area contributed by atoms with Gasteiger partial charge in [-0.1, -0.05) is 0 Å². The van der Waals surface area contributed by atoms with Crippen LogP contribution >= 0.6 is 15.9 Å². The molecule has 0 amide bonds. The van der Waals surface area contributed by atoms with Crippen LogP contribution in [0.1, 0.15) is 0 Å². The molecule has 0 N–H and O–H groups in total. The minimum atomic E-state index is 0.365. The van der Waals surface area contributed by atoms with E-state index >= 15 is 0 Å². The molecule has 0 aliphatic rings. The highest BCUT2D eigenvalue weighted by Crippen LogP contribution is 2.47. The van der Waals surface area contributed by atoms with Gasteiger partial charge in [0.1, 0.15) is 0 Å². The highest BCUT2D eigenvalue weighted by molar-refractivity contribution is 9.10. The van der Waals surface area contributed by atoms with Gasteiger partial charge < -0.3 is 14.2 Å². The zero-order chi connectivity index (χ0) is 12.1. The van der Waals surface area contributed by atoms with Crippen LogP contribution in [0.2, 0.25) is 0 Å². The maximum absolute atomic E-state index is 10.3. The molecule has 0 heterocycles. The van der Waals surface area contributed by atoms with Gasteiger partial charge in [0.25, 0.3) is 0 Å². The smallest absolute Gasteiger partial charge is 0.240 e. The van der Waals surface area contributed by atoms with Crippen molar-refractivity contribution < 1.29 is 19.0 Å². The van der Waals surface area contributed by atoms with Gasteiger partial charge in [-0.05, 0) is 15.9 Å². The van der Waals surface area contributed by atoms with Gasteiger partial charge >= 0.3 is 0 Å². The molecule has 0 saturated carbocycles.